The maximum absolute atomic E-state index is 12.2. The molecule has 0 fully saturated rings. The molecule has 0 aliphatic carbocycles. The number of halogens is 1. The Morgan fingerprint density at radius 2 is 2.00 bits per heavy atom. The number of nitrogen functional groups attached to an aromatic ring is 1. The highest BCUT2D eigenvalue weighted by Gasteiger charge is 2.18. The Kier molecular flexibility index (Phi) is 3.64. The van der Waals surface area contributed by atoms with E-state index in [0.29, 0.717) is 5.02 Å². The molecule has 2 rings (SSSR count). The lowest BCUT2D eigenvalue weighted by Gasteiger charge is -2.09. The fourth-order valence-electron chi connectivity index (χ4n) is 1.46. The molecule has 0 unspecified atom stereocenters. The zero-order chi connectivity index (χ0) is 14.0. The van der Waals surface area contributed by atoms with Crippen molar-refractivity contribution in [3.8, 4) is 0 Å². The van der Waals surface area contributed by atoms with Crippen molar-refractivity contribution in [2.75, 3.05) is 10.5 Å². The zero-order valence-corrected chi connectivity index (χ0v) is 11.7. The molecule has 0 bridgehead atoms. The quantitative estimate of drug-likeness (QED) is 0.852. The van der Waals surface area contributed by atoms with Crippen LogP contribution in [-0.4, -0.2) is 13.4 Å². The molecule has 0 radical (unpaired) electrons. The molecule has 0 spiro atoms. The van der Waals surface area contributed by atoms with Crippen LogP contribution in [-0.2, 0) is 10.0 Å². The van der Waals surface area contributed by atoms with Crippen molar-refractivity contribution in [3.63, 3.8) is 0 Å². The van der Waals surface area contributed by atoms with Gasteiger partial charge in [-0.2, -0.15) is 0 Å². The van der Waals surface area contributed by atoms with E-state index in [0.717, 1.165) is 5.56 Å². The molecule has 0 aliphatic rings. The molecular weight excluding hydrogens is 286 g/mol. The molecule has 0 saturated carbocycles. The third-order valence-electron chi connectivity index (χ3n) is 2.42. The van der Waals surface area contributed by atoms with Crippen molar-refractivity contribution in [3.05, 3.63) is 47.1 Å². The van der Waals surface area contributed by atoms with Gasteiger partial charge >= 0.3 is 0 Å². The summed E-state index contributed by atoms with van der Waals surface area (Å²) >= 11 is 5.78. The second-order valence-corrected chi connectivity index (χ2v) is 6.10. The maximum Gasteiger partial charge on any atom is 0.265 e. The summed E-state index contributed by atoms with van der Waals surface area (Å²) < 4.78 is 26.7. The van der Waals surface area contributed by atoms with Crippen LogP contribution in [0.15, 0.2) is 41.4 Å². The number of aryl methyl sites for hydroxylation is 1. The number of nitrogens with two attached hydrogens (primary N) is 1. The summed E-state index contributed by atoms with van der Waals surface area (Å²) in [6.45, 7) is 1.86. The van der Waals surface area contributed by atoms with Crippen LogP contribution >= 0.6 is 11.6 Å². The average Bonchev–Trinajstić information content (AvgIpc) is 2.35. The van der Waals surface area contributed by atoms with Crippen molar-refractivity contribution in [1.82, 2.24) is 4.98 Å². The van der Waals surface area contributed by atoms with Crippen LogP contribution in [0.25, 0.3) is 0 Å². The summed E-state index contributed by atoms with van der Waals surface area (Å²) in [7, 11) is -3.80. The number of aromatic nitrogens is 1. The molecule has 1 aromatic carbocycles. The van der Waals surface area contributed by atoms with Gasteiger partial charge in [-0.3, -0.25) is 4.72 Å². The molecule has 0 amide bonds. The van der Waals surface area contributed by atoms with Gasteiger partial charge in [0.2, 0.25) is 0 Å². The van der Waals surface area contributed by atoms with Crippen molar-refractivity contribution in [2.24, 2.45) is 0 Å². The van der Waals surface area contributed by atoms with Crippen LogP contribution < -0.4 is 10.5 Å². The van der Waals surface area contributed by atoms with Gasteiger partial charge in [-0.05, 0) is 36.8 Å². The highest BCUT2D eigenvalue weighted by atomic mass is 35.5. The first kappa shape index (κ1) is 13.6. The third kappa shape index (κ3) is 3.15. The highest BCUT2D eigenvalue weighted by Crippen LogP contribution is 2.24. The number of benzene rings is 1. The number of anilines is 2. The summed E-state index contributed by atoms with van der Waals surface area (Å²) in [4.78, 5) is 3.91. The van der Waals surface area contributed by atoms with Gasteiger partial charge in [0.1, 0.15) is 10.7 Å². The Hall–Kier alpha value is -1.79. The van der Waals surface area contributed by atoms with Crippen molar-refractivity contribution >= 4 is 33.1 Å². The van der Waals surface area contributed by atoms with E-state index >= 15 is 0 Å². The van der Waals surface area contributed by atoms with Gasteiger partial charge in [-0.25, -0.2) is 13.4 Å². The molecule has 100 valence electrons. The van der Waals surface area contributed by atoms with Crippen LogP contribution in [0.4, 0.5) is 11.5 Å². The van der Waals surface area contributed by atoms with Gasteiger partial charge in [0.05, 0.1) is 5.69 Å². The Labute approximate surface area is 116 Å². The number of hydrogen-bond donors (Lipinski definition) is 2. The minimum Gasteiger partial charge on any atom is -0.398 e. The van der Waals surface area contributed by atoms with Crippen molar-refractivity contribution < 1.29 is 8.42 Å². The Morgan fingerprint density at radius 1 is 1.26 bits per heavy atom. The predicted molar refractivity (Wildman–Crippen MR) is 75.6 cm³/mol. The molecule has 5 nitrogen and oxygen atoms in total. The first-order chi connectivity index (χ1) is 8.88. The van der Waals surface area contributed by atoms with Gasteiger partial charge in [0.15, 0.2) is 0 Å². The zero-order valence-electron chi connectivity index (χ0n) is 10.1. The van der Waals surface area contributed by atoms with Gasteiger partial charge in [0.25, 0.3) is 10.0 Å². The molecular formula is C12H12ClN3O2S. The SMILES string of the molecule is Cc1ccc(NS(=O)(=O)c2cc(Cl)ccc2N)nc1. The van der Waals surface area contributed by atoms with E-state index in [1.165, 1.54) is 18.2 Å². The van der Waals surface area contributed by atoms with Crippen molar-refractivity contribution in [1.29, 1.82) is 0 Å². The van der Waals surface area contributed by atoms with E-state index in [1.807, 2.05) is 6.92 Å². The van der Waals surface area contributed by atoms with Crippen LogP contribution in [0, 0.1) is 6.92 Å². The second-order valence-electron chi connectivity index (χ2n) is 4.01. The van der Waals surface area contributed by atoms with E-state index in [2.05, 4.69) is 9.71 Å². The lowest BCUT2D eigenvalue weighted by Crippen LogP contribution is -2.15. The maximum atomic E-state index is 12.2. The van der Waals surface area contributed by atoms with E-state index < -0.39 is 10.0 Å². The highest BCUT2D eigenvalue weighted by molar-refractivity contribution is 7.92. The van der Waals surface area contributed by atoms with Crippen LogP contribution in [0.3, 0.4) is 0 Å². The number of hydrogen-bond acceptors (Lipinski definition) is 4. The van der Waals surface area contributed by atoms with Crippen LogP contribution in [0.1, 0.15) is 5.56 Å². The summed E-state index contributed by atoms with van der Waals surface area (Å²) in [6.07, 6.45) is 1.57. The van der Waals surface area contributed by atoms with E-state index in [-0.39, 0.29) is 16.4 Å². The number of sulfonamides is 1. The van der Waals surface area contributed by atoms with E-state index in [4.69, 9.17) is 17.3 Å². The Balaban J connectivity index is 2.37. The van der Waals surface area contributed by atoms with Gasteiger partial charge in [-0.1, -0.05) is 17.7 Å². The number of rotatable bonds is 3. The minimum atomic E-state index is -3.80. The first-order valence-corrected chi connectivity index (χ1v) is 7.25. The number of nitrogens with one attached hydrogen (secondary N) is 1. The van der Waals surface area contributed by atoms with Gasteiger partial charge in [-0.15, -0.1) is 0 Å². The number of pyridine rings is 1. The summed E-state index contributed by atoms with van der Waals surface area (Å²) in [5.74, 6) is 0.227. The standard InChI is InChI=1S/C12H12ClN3O2S/c1-8-2-5-12(15-7-8)16-19(17,18)11-6-9(13)3-4-10(11)14/h2-7H,14H2,1H3,(H,15,16). The normalized spacial score (nSPS) is 11.3. The van der Waals surface area contributed by atoms with Crippen molar-refractivity contribution in [2.45, 2.75) is 11.8 Å². The Morgan fingerprint density at radius 3 is 2.63 bits per heavy atom. The monoisotopic (exact) mass is 297 g/mol. The molecule has 0 aliphatic heterocycles. The molecule has 3 N–H and O–H groups in total. The van der Waals surface area contributed by atoms with E-state index in [1.54, 1.807) is 18.3 Å². The van der Waals surface area contributed by atoms with E-state index in [9.17, 15) is 8.42 Å². The molecule has 2 aromatic rings. The summed E-state index contributed by atoms with van der Waals surface area (Å²) in [6, 6.07) is 7.60. The average molecular weight is 298 g/mol. The predicted octanol–water partition coefficient (Wildman–Crippen LogP) is 2.43. The topological polar surface area (TPSA) is 85.1 Å². The third-order valence-corrected chi connectivity index (χ3v) is 4.06. The minimum absolute atomic E-state index is 0.0672. The lowest BCUT2D eigenvalue weighted by molar-refractivity contribution is 0.601. The number of nitrogens with zero attached hydrogens (tertiary/aromatic N) is 1. The molecule has 19 heavy (non-hydrogen) atoms. The fraction of sp³-hybridized carbons (Fsp3) is 0.0833. The van der Waals surface area contributed by atoms with Gasteiger partial charge in [0, 0.05) is 11.2 Å². The molecule has 0 saturated heterocycles. The molecule has 0 atom stereocenters. The van der Waals surface area contributed by atoms with Gasteiger partial charge < -0.3 is 5.73 Å². The van der Waals surface area contributed by atoms with Crippen LogP contribution in [0.2, 0.25) is 5.02 Å². The molecule has 1 heterocycles. The molecule has 1 aromatic heterocycles. The second kappa shape index (κ2) is 5.07. The summed E-state index contributed by atoms with van der Waals surface area (Å²) in [5, 5.41) is 0.298. The lowest BCUT2D eigenvalue weighted by atomic mass is 10.3. The largest absolute Gasteiger partial charge is 0.398 e. The first-order valence-electron chi connectivity index (χ1n) is 5.39. The van der Waals surface area contributed by atoms with Crippen LogP contribution in [0.5, 0.6) is 0 Å². The smallest absolute Gasteiger partial charge is 0.265 e. The summed E-state index contributed by atoms with van der Waals surface area (Å²) in [5.41, 5.74) is 6.72. The Bertz CT molecular complexity index is 699. The fourth-order valence-corrected chi connectivity index (χ4v) is 2.87. The molecule has 7 heteroatoms.